The maximum Gasteiger partial charge on any atom is 0.157 e. The highest BCUT2D eigenvalue weighted by molar-refractivity contribution is 5.44. The number of piperidine rings is 1. The zero-order valence-corrected chi connectivity index (χ0v) is 18.9. The Kier molecular flexibility index (Phi) is 6.98. The monoisotopic (exact) mass is 413 g/mol. The summed E-state index contributed by atoms with van der Waals surface area (Å²) in [6, 6.07) is 7.45. The predicted molar refractivity (Wildman–Crippen MR) is 121 cm³/mol. The molecule has 30 heavy (non-hydrogen) atoms. The molecular formula is C26H39NO3. The van der Waals surface area contributed by atoms with Crippen molar-refractivity contribution in [3.8, 4) is 0 Å². The molecule has 0 unspecified atom stereocenters. The van der Waals surface area contributed by atoms with Gasteiger partial charge in [-0.2, -0.15) is 0 Å². The van der Waals surface area contributed by atoms with Crippen LogP contribution in [0.5, 0.6) is 0 Å². The van der Waals surface area contributed by atoms with Crippen molar-refractivity contribution in [2.45, 2.75) is 95.7 Å². The van der Waals surface area contributed by atoms with E-state index in [1.807, 2.05) is 0 Å². The molecule has 2 aliphatic heterocycles. The molecule has 0 amide bonds. The van der Waals surface area contributed by atoms with Crippen LogP contribution in [0.1, 0.15) is 81.5 Å². The van der Waals surface area contributed by atoms with Crippen molar-refractivity contribution < 1.29 is 14.6 Å². The third kappa shape index (κ3) is 4.38. The Labute approximate surface area is 182 Å². The minimum atomic E-state index is -0.347. The lowest BCUT2D eigenvalue weighted by atomic mass is 9.82. The highest BCUT2D eigenvalue weighted by Gasteiger charge is 2.44. The van der Waals surface area contributed by atoms with Gasteiger partial charge in [0.2, 0.25) is 0 Å². The lowest BCUT2D eigenvalue weighted by molar-refractivity contribution is -0.0533. The summed E-state index contributed by atoms with van der Waals surface area (Å²) in [4.78, 5) is 2.63. The number of hydrogen-bond donors (Lipinski definition) is 1. The van der Waals surface area contributed by atoms with Crippen LogP contribution in [-0.2, 0) is 15.9 Å². The van der Waals surface area contributed by atoms with Crippen molar-refractivity contribution in [2.24, 2.45) is 5.92 Å². The van der Waals surface area contributed by atoms with E-state index in [0.717, 1.165) is 45.3 Å². The number of fused-ring (bicyclic) bond motifs is 1. The number of aliphatic hydroxyl groups excluding tert-OH is 1. The summed E-state index contributed by atoms with van der Waals surface area (Å²) in [5.74, 6) is 1.13. The molecule has 2 saturated heterocycles. The average molecular weight is 414 g/mol. The van der Waals surface area contributed by atoms with Gasteiger partial charge in [0.1, 0.15) is 0 Å². The summed E-state index contributed by atoms with van der Waals surface area (Å²) in [6.07, 6.45) is 7.96. The first-order chi connectivity index (χ1) is 14.5. The van der Waals surface area contributed by atoms with Crippen LogP contribution in [0.4, 0.5) is 0 Å². The molecule has 0 radical (unpaired) electrons. The smallest absolute Gasteiger partial charge is 0.157 e. The molecule has 0 aromatic heterocycles. The number of aliphatic hydroxyl groups is 1. The number of nitrogens with zero attached hydrogens (tertiary/aromatic N) is 1. The molecule has 0 spiro atoms. The number of hydrogen-bond acceptors (Lipinski definition) is 4. The van der Waals surface area contributed by atoms with E-state index < -0.39 is 0 Å². The quantitative estimate of drug-likeness (QED) is 0.641. The fourth-order valence-corrected chi connectivity index (χ4v) is 6.05. The first kappa shape index (κ1) is 22.0. The molecule has 1 aliphatic carbocycles. The van der Waals surface area contributed by atoms with Gasteiger partial charge in [-0.15, -0.1) is 6.58 Å². The molecule has 166 valence electrons. The third-order valence-electron chi connectivity index (χ3n) is 7.33. The van der Waals surface area contributed by atoms with Crippen LogP contribution in [-0.4, -0.2) is 47.7 Å². The lowest BCUT2D eigenvalue weighted by Gasteiger charge is -2.48. The molecule has 2 heterocycles. The predicted octanol–water partition coefficient (Wildman–Crippen LogP) is 4.97. The van der Waals surface area contributed by atoms with Crippen molar-refractivity contribution in [3.05, 3.63) is 47.5 Å². The van der Waals surface area contributed by atoms with Crippen molar-refractivity contribution >= 4 is 0 Å². The van der Waals surface area contributed by atoms with Crippen LogP contribution in [0.15, 0.2) is 30.9 Å². The molecule has 1 N–H and O–H groups in total. The van der Waals surface area contributed by atoms with E-state index in [-0.39, 0.29) is 18.4 Å². The van der Waals surface area contributed by atoms with E-state index in [9.17, 15) is 5.11 Å². The Balaban J connectivity index is 1.60. The van der Waals surface area contributed by atoms with Crippen molar-refractivity contribution in [1.29, 1.82) is 0 Å². The maximum absolute atomic E-state index is 11.2. The first-order valence-corrected chi connectivity index (χ1v) is 11.9. The minimum absolute atomic E-state index is 0.0278. The van der Waals surface area contributed by atoms with Gasteiger partial charge in [-0.1, -0.05) is 45.0 Å². The summed E-state index contributed by atoms with van der Waals surface area (Å²) in [5.41, 5.74) is 4.10. The van der Waals surface area contributed by atoms with Crippen LogP contribution in [0.3, 0.4) is 0 Å². The SMILES string of the molecule is C=C[C@H]1C[C@H](C)C[C@H](CCCC2OCCO2)N1[C@@H]1c2c(cccc2C(C)C)C[C@@H]1O. The van der Waals surface area contributed by atoms with E-state index >= 15 is 0 Å². The van der Waals surface area contributed by atoms with Gasteiger partial charge in [0.25, 0.3) is 0 Å². The largest absolute Gasteiger partial charge is 0.391 e. The van der Waals surface area contributed by atoms with Gasteiger partial charge in [-0.05, 0) is 60.6 Å². The summed E-state index contributed by atoms with van der Waals surface area (Å²) in [6.45, 7) is 12.5. The van der Waals surface area contributed by atoms with Crippen LogP contribution in [0, 0.1) is 5.92 Å². The summed E-state index contributed by atoms with van der Waals surface area (Å²) >= 11 is 0. The van der Waals surface area contributed by atoms with E-state index in [1.54, 1.807) is 0 Å². The van der Waals surface area contributed by atoms with E-state index in [4.69, 9.17) is 9.47 Å². The maximum atomic E-state index is 11.2. The second-order valence-electron chi connectivity index (χ2n) is 9.87. The average Bonchev–Trinajstić information content (AvgIpc) is 3.34. The summed E-state index contributed by atoms with van der Waals surface area (Å²) in [5, 5.41) is 11.2. The van der Waals surface area contributed by atoms with Gasteiger partial charge in [0.05, 0.1) is 25.4 Å². The minimum Gasteiger partial charge on any atom is -0.391 e. The molecule has 4 nitrogen and oxygen atoms in total. The van der Waals surface area contributed by atoms with Crippen LogP contribution in [0.2, 0.25) is 0 Å². The highest BCUT2D eigenvalue weighted by Crippen LogP contribution is 2.46. The highest BCUT2D eigenvalue weighted by atomic mass is 16.7. The first-order valence-electron chi connectivity index (χ1n) is 11.9. The van der Waals surface area contributed by atoms with E-state index in [0.29, 0.717) is 23.9 Å². The summed E-state index contributed by atoms with van der Waals surface area (Å²) in [7, 11) is 0. The van der Waals surface area contributed by atoms with Gasteiger partial charge >= 0.3 is 0 Å². The Morgan fingerprint density at radius 2 is 1.97 bits per heavy atom. The van der Waals surface area contributed by atoms with Gasteiger partial charge in [0, 0.05) is 18.5 Å². The molecule has 2 fully saturated rings. The second-order valence-corrected chi connectivity index (χ2v) is 9.87. The number of benzene rings is 1. The van der Waals surface area contributed by atoms with Crippen molar-refractivity contribution in [3.63, 3.8) is 0 Å². The fourth-order valence-electron chi connectivity index (χ4n) is 6.05. The fraction of sp³-hybridized carbons (Fsp3) is 0.692. The van der Waals surface area contributed by atoms with Gasteiger partial charge in [0.15, 0.2) is 6.29 Å². The molecule has 4 heteroatoms. The molecule has 1 aromatic carbocycles. The van der Waals surface area contributed by atoms with E-state index in [1.165, 1.54) is 23.1 Å². The Bertz CT molecular complexity index is 727. The molecule has 0 bridgehead atoms. The van der Waals surface area contributed by atoms with Crippen LogP contribution < -0.4 is 0 Å². The number of rotatable bonds is 7. The molecule has 3 aliphatic rings. The van der Waals surface area contributed by atoms with Crippen molar-refractivity contribution in [1.82, 2.24) is 4.90 Å². The number of likely N-dealkylation sites (tertiary alicyclic amines) is 1. The molecular weight excluding hydrogens is 374 g/mol. The Hall–Kier alpha value is -1.20. The standard InChI is InChI=1S/C26H39NO3/c1-5-20-14-18(4)15-21(9-7-11-24-29-12-13-30-24)27(20)26-23(28)16-19-8-6-10-22(17(2)3)25(19)26/h5-6,8,10,17-18,20-21,23-24,26,28H,1,7,9,11-16H2,2-4H3/t18-,20-,21-,23-,26-/m0/s1. The Morgan fingerprint density at radius 3 is 2.67 bits per heavy atom. The lowest BCUT2D eigenvalue weighted by Crippen LogP contribution is -2.52. The number of ether oxygens (including phenoxy) is 2. The Morgan fingerprint density at radius 1 is 1.20 bits per heavy atom. The van der Waals surface area contributed by atoms with Crippen molar-refractivity contribution in [2.75, 3.05) is 13.2 Å². The molecule has 5 atom stereocenters. The van der Waals surface area contributed by atoms with Gasteiger partial charge < -0.3 is 14.6 Å². The molecule has 0 saturated carbocycles. The molecule has 4 rings (SSSR count). The normalized spacial score (nSPS) is 32.6. The topological polar surface area (TPSA) is 41.9 Å². The molecule has 1 aromatic rings. The van der Waals surface area contributed by atoms with E-state index in [2.05, 4.69) is 56.5 Å². The third-order valence-corrected chi connectivity index (χ3v) is 7.33. The van der Waals surface area contributed by atoms with Crippen LogP contribution >= 0.6 is 0 Å². The summed E-state index contributed by atoms with van der Waals surface area (Å²) < 4.78 is 11.3. The second kappa shape index (κ2) is 9.52. The zero-order valence-electron chi connectivity index (χ0n) is 18.9. The van der Waals surface area contributed by atoms with Gasteiger partial charge in [-0.25, -0.2) is 0 Å². The van der Waals surface area contributed by atoms with Crippen LogP contribution in [0.25, 0.3) is 0 Å². The zero-order chi connectivity index (χ0) is 21.3. The van der Waals surface area contributed by atoms with Gasteiger partial charge in [-0.3, -0.25) is 4.90 Å².